The lowest BCUT2D eigenvalue weighted by molar-refractivity contribution is 0.449. The first-order chi connectivity index (χ1) is 4.81. The maximum absolute atomic E-state index is 11.5. The highest BCUT2D eigenvalue weighted by atomic mass is 35.5. The molecular formula is C7H15ClFN. The van der Waals surface area contributed by atoms with Crippen LogP contribution in [0, 0.1) is 5.92 Å². The molecule has 62 valence electrons. The molecule has 0 saturated heterocycles. The second-order valence-electron chi connectivity index (χ2n) is 2.51. The lowest BCUT2D eigenvalue weighted by atomic mass is 10.2. The molecule has 1 unspecified atom stereocenters. The number of rotatable bonds is 6. The standard InChI is InChI=1S/C7H15ClFN/c1-7(5-8)6-10-4-2-3-9/h7,10H,2-6H2,1H3. The number of hydrogen-bond donors (Lipinski definition) is 1. The largest absolute Gasteiger partial charge is 0.316 e. The van der Waals surface area contributed by atoms with Crippen LogP contribution in [0.2, 0.25) is 0 Å². The van der Waals surface area contributed by atoms with E-state index in [0.717, 1.165) is 13.1 Å². The van der Waals surface area contributed by atoms with E-state index in [1.807, 2.05) is 0 Å². The van der Waals surface area contributed by atoms with Gasteiger partial charge in [0, 0.05) is 5.88 Å². The maximum Gasteiger partial charge on any atom is 0.0906 e. The first-order valence-electron chi connectivity index (χ1n) is 3.64. The van der Waals surface area contributed by atoms with Crippen molar-refractivity contribution in [2.24, 2.45) is 5.92 Å². The SMILES string of the molecule is CC(CCl)CNCCCF. The summed E-state index contributed by atoms with van der Waals surface area (Å²) in [5.41, 5.74) is 0. The Morgan fingerprint density at radius 1 is 1.60 bits per heavy atom. The molecule has 0 bridgehead atoms. The molecule has 0 aliphatic carbocycles. The lowest BCUT2D eigenvalue weighted by Gasteiger charge is -2.07. The lowest BCUT2D eigenvalue weighted by Crippen LogP contribution is -2.23. The number of hydrogen-bond acceptors (Lipinski definition) is 1. The third kappa shape index (κ3) is 6.30. The smallest absolute Gasteiger partial charge is 0.0906 e. The first kappa shape index (κ1) is 10.2. The zero-order valence-corrected chi connectivity index (χ0v) is 7.12. The molecule has 1 nitrogen and oxygen atoms in total. The molecule has 10 heavy (non-hydrogen) atoms. The van der Waals surface area contributed by atoms with Crippen molar-refractivity contribution in [3.05, 3.63) is 0 Å². The van der Waals surface area contributed by atoms with E-state index in [1.54, 1.807) is 0 Å². The van der Waals surface area contributed by atoms with Gasteiger partial charge < -0.3 is 5.32 Å². The van der Waals surface area contributed by atoms with E-state index in [0.29, 0.717) is 18.2 Å². The molecule has 0 aromatic heterocycles. The number of alkyl halides is 2. The Hall–Kier alpha value is 0.180. The molecular weight excluding hydrogens is 153 g/mol. The summed E-state index contributed by atoms with van der Waals surface area (Å²) in [6.45, 7) is 3.49. The van der Waals surface area contributed by atoms with Crippen molar-refractivity contribution in [2.75, 3.05) is 25.6 Å². The molecule has 1 atom stereocenters. The second kappa shape index (κ2) is 7.29. The van der Waals surface area contributed by atoms with E-state index in [9.17, 15) is 4.39 Å². The molecule has 0 radical (unpaired) electrons. The Bertz CT molecular complexity index is 70.6. The summed E-state index contributed by atoms with van der Waals surface area (Å²) < 4.78 is 11.5. The average Bonchev–Trinajstić information content (AvgIpc) is 1.98. The van der Waals surface area contributed by atoms with Crippen LogP contribution < -0.4 is 5.32 Å². The second-order valence-corrected chi connectivity index (χ2v) is 2.81. The van der Waals surface area contributed by atoms with Gasteiger partial charge in [-0.3, -0.25) is 4.39 Å². The molecule has 0 fully saturated rings. The molecule has 0 spiro atoms. The zero-order valence-electron chi connectivity index (χ0n) is 6.37. The van der Waals surface area contributed by atoms with Gasteiger partial charge in [-0.05, 0) is 25.4 Å². The Morgan fingerprint density at radius 2 is 2.30 bits per heavy atom. The summed E-state index contributed by atoms with van der Waals surface area (Å²) in [6.07, 6.45) is 0.606. The monoisotopic (exact) mass is 167 g/mol. The van der Waals surface area contributed by atoms with Gasteiger partial charge in [-0.25, -0.2) is 0 Å². The topological polar surface area (TPSA) is 12.0 Å². The van der Waals surface area contributed by atoms with Crippen molar-refractivity contribution >= 4 is 11.6 Å². The van der Waals surface area contributed by atoms with Crippen molar-refractivity contribution in [1.29, 1.82) is 0 Å². The maximum atomic E-state index is 11.5. The molecule has 0 heterocycles. The van der Waals surface area contributed by atoms with Gasteiger partial charge in [0.2, 0.25) is 0 Å². The van der Waals surface area contributed by atoms with E-state index in [2.05, 4.69) is 12.2 Å². The Labute approximate surface area is 66.9 Å². The van der Waals surface area contributed by atoms with Crippen LogP contribution in [0.4, 0.5) is 4.39 Å². The van der Waals surface area contributed by atoms with E-state index in [1.165, 1.54) is 0 Å². The molecule has 0 rings (SSSR count). The van der Waals surface area contributed by atoms with Crippen LogP contribution in [0.1, 0.15) is 13.3 Å². The summed E-state index contributed by atoms with van der Waals surface area (Å²) >= 11 is 5.55. The van der Waals surface area contributed by atoms with Crippen LogP contribution in [0.15, 0.2) is 0 Å². The van der Waals surface area contributed by atoms with Gasteiger partial charge in [-0.2, -0.15) is 0 Å². The van der Waals surface area contributed by atoms with Crippen LogP contribution >= 0.6 is 11.6 Å². The van der Waals surface area contributed by atoms with Crippen molar-refractivity contribution in [3.8, 4) is 0 Å². The summed E-state index contributed by atoms with van der Waals surface area (Å²) in [5, 5.41) is 3.11. The fourth-order valence-corrected chi connectivity index (χ4v) is 0.704. The number of halogens is 2. The zero-order chi connectivity index (χ0) is 7.82. The summed E-state index contributed by atoms with van der Waals surface area (Å²) in [7, 11) is 0. The molecule has 0 saturated carbocycles. The van der Waals surface area contributed by atoms with Gasteiger partial charge in [0.25, 0.3) is 0 Å². The quantitative estimate of drug-likeness (QED) is 0.470. The predicted octanol–water partition coefficient (Wildman–Crippen LogP) is 1.81. The fraction of sp³-hybridized carbons (Fsp3) is 1.00. The minimum atomic E-state index is -0.234. The minimum Gasteiger partial charge on any atom is -0.316 e. The minimum absolute atomic E-state index is 0.234. The summed E-state index contributed by atoms with van der Waals surface area (Å²) in [4.78, 5) is 0. The van der Waals surface area contributed by atoms with Crippen LogP contribution in [-0.4, -0.2) is 25.6 Å². The Morgan fingerprint density at radius 3 is 2.80 bits per heavy atom. The van der Waals surface area contributed by atoms with Crippen LogP contribution in [0.25, 0.3) is 0 Å². The van der Waals surface area contributed by atoms with E-state index in [4.69, 9.17) is 11.6 Å². The van der Waals surface area contributed by atoms with Gasteiger partial charge in [0.05, 0.1) is 6.67 Å². The normalized spacial score (nSPS) is 13.5. The van der Waals surface area contributed by atoms with E-state index in [-0.39, 0.29) is 6.67 Å². The van der Waals surface area contributed by atoms with Crippen molar-refractivity contribution in [2.45, 2.75) is 13.3 Å². The van der Waals surface area contributed by atoms with Crippen molar-refractivity contribution in [1.82, 2.24) is 5.32 Å². The van der Waals surface area contributed by atoms with Gasteiger partial charge in [-0.15, -0.1) is 11.6 Å². The Kier molecular flexibility index (Phi) is 7.42. The number of nitrogens with one attached hydrogen (secondary N) is 1. The Balaban J connectivity index is 2.89. The highest BCUT2D eigenvalue weighted by Crippen LogP contribution is 1.94. The van der Waals surface area contributed by atoms with Gasteiger partial charge in [-0.1, -0.05) is 6.92 Å². The van der Waals surface area contributed by atoms with Crippen LogP contribution in [0.3, 0.4) is 0 Å². The molecule has 0 aliphatic rings. The highest BCUT2D eigenvalue weighted by Gasteiger charge is 1.96. The molecule has 3 heteroatoms. The summed E-state index contributed by atoms with van der Waals surface area (Å²) in [6, 6.07) is 0. The third-order valence-electron chi connectivity index (χ3n) is 1.24. The van der Waals surface area contributed by atoms with E-state index < -0.39 is 0 Å². The van der Waals surface area contributed by atoms with Crippen molar-refractivity contribution in [3.63, 3.8) is 0 Å². The van der Waals surface area contributed by atoms with Gasteiger partial charge in [0.1, 0.15) is 0 Å². The third-order valence-corrected chi connectivity index (χ3v) is 1.77. The van der Waals surface area contributed by atoms with Crippen LogP contribution in [0.5, 0.6) is 0 Å². The first-order valence-corrected chi connectivity index (χ1v) is 4.17. The molecule has 0 aromatic carbocycles. The van der Waals surface area contributed by atoms with E-state index >= 15 is 0 Å². The fourth-order valence-electron chi connectivity index (χ4n) is 0.595. The predicted molar refractivity (Wildman–Crippen MR) is 43.3 cm³/mol. The average molecular weight is 168 g/mol. The molecule has 0 aromatic rings. The molecule has 0 aliphatic heterocycles. The van der Waals surface area contributed by atoms with Gasteiger partial charge in [0.15, 0.2) is 0 Å². The molecule has 0 amide bonds. The van der Waals surface area contributed by atoms with Crippen LogP contribution in [-0.2, 0) is 0 Å². The summed E-state index contributed by atoms with van der Waals surface area (Å²) in [5.74, 6) is 1.16. The van der Waals surface area contributed by atoms with Gasteiger partial charge >= 0.3 is 0 Å². The van der Waals surface area contributed by atoms with Crippen molar-refractivity contribution < 1.29 is 4.39 Å². The molecule has 1 N–H and O–H groups in total. The highest BCUT2D eigenvalue weighted by molar-refractivity contribution is 6.18.